The van der Waals surface area contributed by atoms with E-state index in [1.807, 2.05) is 0 Å². The van der Waals surface area contributed by atoms with Crippen molar-refractivity contribution in [2.45, 2.75) is 155 Å². The van der Waals surface area contributed by atoms with Gasteiger partial charge in [0.15, 0.2) is 0 Å². The van der Waals surface area contributed by atoms with E-state index >= 15 is 0 Å². The molecule has 3 fully saturated rings. The van der Waals surface area contributed by atoms with Gasteiger partial charge in [-0.15, -0.1) is 0 Å². The topological polar surface area (TPSA) is 40.5 Å². The summed E-state index contributed by atoms with van der Waals surface area (Å²) >= 11 is 0. The van der Waals surface area contributed by atoms with Crippen LogP contribution in [0.4, 0.5) is 0 Å². The van der Waals surface area contributed by atoms with Gasteiger partial charge in [-0.2, -0.15) is 0 Å². The van der Waals surface area contributed by atoms with Gasteiger partial charge in [0, 0.05) is 0 Å². The summed E-state index contributed by atoms with van der Waals surface area (Å²) in [5.74, 6) is 4.08. The first-order chi connectivity index (χ1) is 15.7. The lowest BCUT2D eigenvalue weighted by molar-refractivity contribution is 0.0207. The maximum absolute atomic E-state index is 11.2. The van der Waals surface area contributed by atoms with Crippen molar-refractivity contribution >= 4 is 0 Å². The fourth-order valence-electron chi connectivity index (χ4n) is 8.19. The summed E-state index contributed by atoms with van der Waals surface area (Å²) in [5.41, 5.74) is 0.187. The van der Waals surface area contributed by atoms with Crippen LogP contribution in [-0.2, 0) is 0 Å². The Bertz CT molecular complexity index is 531. The molecule has 0 bridgehead atoms. The summed E-state index contributed by atoms with van der Waals surface area (Å²) < 4.78 is 0. The zero-order chi connectivity index (χ0) is 23.8. The van der Waals surface area contributed by atoms with Crippen LogP contribution in [0.5, 0.6) is 0 Å². The smallest absolute Gasteiger partial charge is 0.0591 e. The third-order valence-corrected chi connectivity index (χ3v) is 10.2. The second-order valence-electron chi connectivity index (χ2n) is 13.7. The van der Waals surface area contributed by atoms with Crippen molar-refractivity contribution in [2.24, 2.45) is 40.9 Å². The first kappa shape index (κ1) is 27.5. The third kappa shape index (κ3) is 8.82. The summed E-state index contributed by atoms with van der Waals surface area (Å²) in [6.45, 7) is 9.28. The van der Waals surface area contributed by atoms with Gasteiger partial charge in [-0.25, -0.2) is 0 Å². The third-order valence-electron chi connectivity index (χ3n) is 10.2. The molecule has 0 amide bonds. The van der Waals surface area contributed by atoms with Crippen LogP contribution in [-0.4, -0.2) is 22.4 Å². The fraction of sp³-hybridized carbons (Fsp3) is 1.00. The van der Waals surface area contributed by atoms with Gasteiger partial charge in [-0.05, 0) is 85.9 Å². The molecule has 0 radical (unpaired) electrons. The van der Waals surface area contributed by atoms with E-state index in [0.29, 0.717) is 17.8 Å². The monoisotopic (exact) mass is 462 g/mol. The van der Waals surface area contributed by atoms with E-state index in [4.69, 9.17) is 0 Å². The molecule has 3 aliphatic carbocycles. The molecule has 3 saturated carbocycles. The van der Waals surface area contributed by atoms with Crippen LogP contribution in [0, 0.1) is 40.9 Å². The minimum Gasteiger partial charge on any atom is -0.393 e. The number of aliphatic hydroxyl groups is 2. The first-order valence-corrected chi connectivity index (χ1v) is 15.1. The van der Waals surface area contributed by atoms with Crippen LogP contribution in [0.25, 0.3) is 0 Å². The second kappa shape index (κ2) is 13.3. The van der Waals surface area contributed by atoms with E-state index < -0.39 is 0 Å². The molecule has 3 aliphatic rings. The quantitative estimate of drug-likeness (QED) is 0.323. The second-order valence-corrected chi connectivity index (χ2v) is 13.7. The van der Waals surface area contributed by atoms with Crippen LogP contribution in [0.1, 0.15) is 143 Å². The van der Waals surface area contributed by atoms with Gasteiger partial charge in [0.25, 0.3) is 0 Å². The van der Waals surface area contributed by atoms with Crippen LogP contribution in [0.15, 0.2) is 0 Å². The van der Waals surface area contributed by atoms with Gasteiger partial charge in [0.2, 0.25) is 0 Å². The summed E-state index contributed by atoms with van der Waals surface area (Å²) in [6, 6.07) is 0. The number of hydrogen-bond donors (Lipinski definition) is 2. The molecule has 33 heavy (non-hydrogen) atoms. The molecule has 3 rings (SSSR count). The van der Waals surface area contributed by atoms with Crippen LogP contribution >= 0.6 is 0 Å². The molecule has 0 spiro atoms. The van der Waals surface area contributed by atoms with Gasteiger partial charge < -0.3 is 10.2 Å². The van der Waals surface area contributed by atoms with E-state index in [1.54, 1.807) is 0 Å². The van der Waals surface area contributed by atoms with Crippen molar-refractivity contribution in [1.82, 2.24) is 0 Å². The zero-order valence-electron chi connectivity index (χ0n) is 22.7. The Kier molecular flexibility index (Phi) is 11.1. The summed E-state index contributed by atoms with van der Waals surface area (Å²) in [4.78, 5) is 0. The maximum atomic E-state index is 11.2. The average molecular weight is 463 g/mol. The highest BCUT2D eigenvalue weighted by Crippen LogP contribution is 2.43. The van der Waals surface area contributed by atoms with Crippen LogP contribution in [0.2, 0.25) is 0 Å². The normalized spacial score (nSPS) is 30.0. The Morgan fingerprint density at radius 1 is 0.727 bits per heavy atom. The van der Waals surface area contributed by atoms with Crippen molar-refractivity contribution in [2.75, 3.05) is 0 Å². The largest absolute Gasteiger partial charge is 0.393 e. The SMILES string of the molecule is CC(CC1CCCC(C2CCCCC2)C1)C(O)C(C)CC(C)(C)CCC(O)C1CCCCC1. The highest BCUT2D eigenvalue weighted by molar-refractivity contribution is 4.85. The summed E-state index contributed by atoms with van der Waals surface area (Å²) in [7, 11) is 0. The van der Waals surface area contributed by atoms with Crippen LogP contribution in [0.3, 0.4) is 0 Å². The Labute approximate surface area is 206 Å². The van der Waals surface area contributed by atoms with E-state index in [0.717, 1.165) is 37.0 Å². The molecule has 0 aliphatic heterocycles. The molecule has 2 N–H and O–H groups in total. The first-order valence-electron chi connectivity index (χ1n) is 15.1. The van der Waals surface area contributed by atoms with Gasteiger partial charge >= 0.3 is 0 Å². The van der Waals surface area contributed by atoms with E-state index in [9.17, 15) is 10.2 Å². The lowest BCUT2D eigenvalue weighted by Gasteiger charge is -2.39. The fourth-order valence-corrected chi connectivity index (χ4v) is 8.19. The van der Waals surface area contributed by atoms with Crippen molar-refractivity contribution in [3.8, 4) is 0 Å². The highest BCUT2D eigenvalue weighted by Gasteiger charge is 2.33. The molecule has 0 aromatic heterocycles. The molecule has 0 saturated heterocycles. The van der Waals surface area contributed by atoms with Gasteiger partial charge in [0.1, 0.15) is 0 Å². The Morgan fingerprint density at radius 3 is 2.00 bits per heavy atom. The van der Waals surface area contributed by atoms with E-state index in [2.05, 4.69) is 27.7 Å². The predicted octanol–water partition coefficient (Wildman–Crippen LogP) is 8.53. The lowest BCUT2D eigenvalue weighted by Crippen LogP contribution is -2.33. The van der Waals surface area contributed by atoms with Crippen LogP contribution < -0.4 is 0 Å². The molecule has 0 heterocycles. The van der Waals surface area contributed by atoms with E-state index in [-0.39, 0.29) is 17.6 Å². The molecular weight excluding hydrogens is 404 g/mol. The summed E-state index contributed by atoms with van der Waals surface area (Å²) in [6.07, 6.45) is 23.4. The molecular formula is C31H58O2. The van der Waals surface area contributed by atoms with Crippen molar-refractivity contribution in [3.63, 3.8) is 0 Å². The number of rotatable bonds is 11. The van der Waals surface area contributed by atoms with Gasteiger partial charge in [-0.1, -0.05) is 98.3 Å². The molecule has 2 heteroatoms. The molecule has 0 aromatic rings. The van der Waals surface area contributed by atoms with Gasteiger partial charge in [0.05, 0.1) is 12.2 Å². The zero-order valence-corrected chi connectivity index (χ0v) is 22.7. The number of hydrogen-bond acceptors (Lipinski definition) is 2. The van der Waals surface area contributed by atoms with E-state index in [1.165, 1.54) is 96.3 Å². The molecule has 194 valence electrons. The minimum atomic E-state index is -0.192. The predicted molar refractivity (Wildman–Crippen MR) is 141 cm³/mol. The average Bonchev–Trinajstić information content (AvgIpc) is 2.83. The molecule has 6 atom stereocenters. The molecule has 0 aromatic carbocycles. The Balaban J connectivity index is 1.40. The van der Waals surface area contributed by atoms with Crippen molar-refractivity contribution < 1.29 is 10.2 Å². The highest BCUT2D eigenvalue weighted by atomic mass is 16.3. The standard InChI is InChI=1S/C31H58O2/c1-23(20-25-12-11-17-28(21-25)26-13-7-5-8-14-26)30(33)24(2)22-31(3,4)19-18-29(32)27-15-9-6-10-16-27/h23-30,32-33H,5-22H2,1-4H3. The van der Waals surface area contributed by atoms with Gasteiger partial charge in [-0.3, -0.25) is 0 Å². The Hall–Kier alpha value is -0.0800. The molecule has 6 unspecified atom stereocenters. The maximum Gasteiger partial charge on any atom is 0.0591 e. The molecule has 2 nitrogen and oxygen atoms in total. The summed E-state index contributed by atoms with van der Waals surface area (Å²) in [5, 5.41) is 21.9. The Morgan fingerprint density at radius 2 is 1.33 bits per heavy atom. The van der Waals surface area contributed by atoms with Crippen molar-refractivity contribution in [3.05, 3.63) is 0 Å². The van der Waals surface area contributed by atoms with Crippen molar-refractivity contribution in [1.29, 1.82) is 0 Å². The lowest BCUT2D eigenvalue weighted by atomic mass is 9.68. The minimum absolute atomic E-state index is 0.118. The number of aliphatic hydroxyl groups excluding tert-OH is 2.